The summed E-state index contributed by atoms with van der Waals surface area (Å²) in [5.41, 5.74) is 6.36. The molecule has 2 rings (SSSR count). The molecule has 106 valence electrons. The fraction of sp³-hybridized carbons (Fsp3) is 0.214. The zero-order valence-electron chi connectivity index (χ0n) is 10.7. The van der Waals surface area contributed by atoms with E-state index >= 15 is 0 Å². The number of benzene rings is 1. The number of hydrogen-bond donors (Lipinski definition) is 1. The van der Waals surface area contributed by atoms with Gasteiger partial charge in [-0.3, -0.25) is 4.79 Å². The fourth-order valence-corrected chi connectivity index (χ4v) is 2.03. The minimum absolute atomic E-state index is 0.0151. The second-order valence-electron chi connectivity index (χ2n) is 4.51. The number of hydrogen-bond acceptors (Lipinski definition) is 3. The van der Waals surface area contributed by atoms with E-state index < -0.39 is 11.7 Å². The highest BCUT2D eigenvalue weighted by Crippen LogP contribution is 2.27. The van der Waals surface area contributed by atoms with Gasteiger partial charge in [-0.05, 0) is 30.3 Å². The fourth-order valence-electron chi connectivity index (χ4n) is 1.90. The summed E-state index contributed by atoms with van der Waals surface area (Å²) < 4.78 is 26.3. The van der Waals surface area contributed by atoms with Crippen molar-refractivity contribution in [3.05, 3.63) is 52.8 Å². The first-order valence-electron chi connectivity index (χ1n) is 5.92. The second kappa shape index (κ2) is 5.25. The quantitative estimate of drug-likeness (QED) is 0.932. The van der Waals surface area contributed by atoms with Crippen LogP contribution in [0.3, 0.4) is 0 Å². The topological polar surface area (TPSA) is 46.3 Å². The number of rotatable bonds is 3. The average molecular weight is 299 g/mol. The molecule has 3 nitrogen and oxygen atoms in total. The van der Waals surface area contributed by atoms with Gasteiger partial charge in [0.15, 0.2) is 0 Å². The Morgan fingerprint density at radius 2 is 1.95 bits per heavy atom. The molecule has 1 aromatic carbocycles. The van der Waals surface area contributed by atoms with E-state index in [9.17, 15) is 13.6 Å². The van der Waals surface area contributed by atoms with Crippen molar-refractivity contribution < 1.29 is 13.6 Å². The summed E-state index contributed by atoms with van der Waals surface area (Å²) in [5, 5.41) is 0.556. The summed E-state index contributed by atoms with van der Waals surface area (Å²) in [4.78, 5) is 13.3. The minimum Gasteiger partial charge on any atom is -0.384 e. The van der Waals surface area contributed by atoms with Crippen molar-refractivity contribution in [2.45, 2.75) is 12.8 Å². The molecule has 1 aromatic rings. The highest BCUT2D eigenvalue weighted by Gasteiger charge is 2.36. The number of nitrogens with two attached hydrogens (primary N) is 1. The number of alkyl halides is 2. The number of Topliss-reactive ketones (excluding diaryl/α,β-unsaturated/α-hetero) is 1. The van der Waals surface area contributed by atoms with Gasteiger partial charge in [0.25, 0.3) is 0 Å². The van der Waals surface area contributed by atoms with E-state index in [-0.39, 0.29) is 11.4 Å². The van der Waals surface area contributed by atoms with Crippen LogP contribution < -0.4 is 10.6 Å². The van der Waals surface area contributed by atoms with Crippen LogP contribution in [0.4, 0.5) is 14.5 Å². The molecular formula is C14H13ClF2N2O. The van der Waals surface area contributed by atoms with Gasteiger partial charge in [0.2, 0.25) is 5.78 Å². The monoisotopic (exact) mass is 298 g/mol. The van der Waals surface area contributed by atoms with Gasteiger partial charge in [0.1, 0.15) is 5.82 Å². The molecule has 0 atom stereocenters. The van der Waals surface area contributed by atoms with Crippen molar-refractivity contribution in [2.24, 2.45) is 5.73 Å². The van der Waals surface area contributed by atoms with Gasteiger partial charge in [-0.25, -0.2) is 0 Å². The van der Waals surface area contributed by atoms with Crippen LogP contribution in [0.5, 0.6) is 0 Å². The van der Waals surface area contributed by atoms with E-state index in [0.29, 0.717) is 24.2 Å². The first-order valence-corrected chi connectivity index (χ1v) is 6.30. The SMILES string of the molecule is CC(F)(F)C(=O)C1=C(N)N(c2ccc(Cl)cc2)CC=C1. The van der Waals surface area contributed by atoms with Gasteiger partial charge >= 0.3 is 5.92 Å². The van der Waals surface area contributed by atoms with Crippen LogP contribution >= 0.6 is 11.6 Å². The molecule has 0 spiro atoms. The molecule has 0 saturated heterocycles. The smallest absolute Gasteiger partial charge is 0.307 e. The lowest BCUT2D eigenvalue weighted by Crippen LogP contribution is -2.36. The Balaban J connectivity index is 2.39. The summed E-state index contributed by atoms with van der Waals surface area (Å²) in [6, 6.07) is 6.75. The summed E-state index contributed by atoms with van der Waals surface area (Å²) in [7, 11) is 0. The van der Waals surface area contributed by atoms with Gasteiger partial charge in [-0.2, -0.15) is 8.78 Å². The second-order valence-corrected chi connectivity index (χ2v) is 4.94. The molecule has 1 heterocycles. The van der Waals surface area contributed by atoms with Crippen molar-refractivity contribution in [3.8, 4) is 0 Å². The molecule has 1 aliphatic rings. The van der Waals surface area contributed by atoms with Crippen LogP contribution in [0.15, 0.2) is 47.8 Å². The van der Waals surface area contributed by atoms with Crippen molar-refractivity contribution in [2.75, 3.05) is 11.4 Å². The van der Waals surface area contributed by atoms with E-state index in [1.165, 1.54) is 6.08 Å². The average Bonchev–Trinajstić information content (AvgIpc) is 2.38. The highest BCUT2D eigenvalue weighted by atomic mass is 35.5. The maximum absolute atomic E-state index is 13.1. The third-order valence-electron chi connectivity index (χ3n) is 2.92. The molecule has 6 heteroatoms. The number of carbonyl (C=O) groups excluding carboxylic acids is 1. The van der Waals surface area contributed by atoms with Gasteiger partial charge in [0.05, 0.1) is 5.57 Å². The molecule has 0 radical (unpaired) electrons. The lowest BCUT2D eigenvalue weighted by Gasteiger charge is -2.28. The zero-order chi connectivity index (χ0) is 14.9. The van der Waals surface area contributed by atoms with Crippen LogP contribution in [0.25, 0.3) is 0 Å². The number of halogens is 3. The lowest BCUT2D eigenvalue weighted by molar-refractivity contribution is -0.136. The third-order valence-corrected chi connectivity index (χ3v) is 3.17. The Kier molecular flexibility index (Phi) is 3.81. The van der Waals surface area contributed by atoms with Crippen LogP contribution in [0.1, 0.15) is 6.92 Å². The number of ketones is 1. The van der Waals surface area contributed by atoms with Gasteiger partial charge in [-0.15, -0.1) is 0 Å². The Bertz CT molecular complexity index is 588. The first kappa shape index (κ1) is 14.5. The number of anilines is 1. The maximum atomic E-state index is 13.1. The van der Waals surface area contributed by atoms with Crippen LogP contribution in [-0.2, 0) is 4.79 Å². The summed E-state index contributed by atoms with van der Waals surface area (Å²) >= 11 is 5.80. The minimum atomic E-state index is -3.45. The van der Waals surface area contributed by atoms with Crippen molar-refractivity contribution >= 4 is 23.1 Å². The normalized spacial score (nSPS) is 15.7. The van der Waals surface area contributed by atoms with Crippen molar-refractivity contribution in [3.63, 3.8) is 0 Å². The standard InChI is InChI=1S/C14H13ClF2N2O/c1-14(16,17)12(20)11-3-2-8-19(13(11)18)10-6-4-9(15)5-7-10/h2-7H,8,18H2,1H3. The molecule has 0 bridgehead atoms. The molecule has 0 saturated carbocycles. The summed E-state index contributed by atoms with van der Waals surface area (Å²) in [5.74, 6) is -4.72. The maximum Gasteiger partial charge on any atom is 0.307 e. The van der Waals surface area contributed by atoms with Crippen LogP contribution in [0.2, 0.25) is 5.02 Å². The predicted octanol–water partition coefficient (Wildman–Crippen LogP) is 3.11. The van der Waals surface area contributed by atoms with Crippen molar-refractivity contribution in [1.29, 1.82) is 0 Å². The Morgan fingerprint density at radius 1 is 1.35 bits per heavy atom. The molecule has 20 heavy (non-hydrogen) atoms. The van der Waals surface area contributed by atoms with E-state index in [1.807, 2.05) is 0 Å². The van der Waals surface area contributed by atoms with Gasteiger partial charge in [-0.1, -0.05) is 17.7 Å². The number of allylic oxidation sites excluding steroid dienone is 2. The zero-order valence-corrected chi connectivity index (χ0v) is 11.5. The van der Waals surface area contributed by atoms with Crippen LogP contribution in [-0.4, -0.2) is 18.3 Å². The van der Waals surface area contributed by atoms with Crippen molar-refractivity contribution in [1.82, 2.24) is 0 Å². The molecule has 0 aliphatic carbocycles. The first-order chi connectivity index (χ1) is 9.30. The molecule has 0 aromatic heterocycles. The van der Waals surface area contributed by atoms with E-state index in [1.54, 1.807) is 35.2 Å². The third kappa shape index (κ3) is 2.82. The lowest BCUT2D eigenvalue weighted by atomic mass is 10.0. The Labute approximate surface area is 120 Å². The molecule has 1 aliphatic heterocycles. The Hall–Kier alpha value is -1.88. The summed E-state index contributed by atoms with van der Waals surface area (Å²) in [6.07, 6.45) is 2.95. The molecule has 2 N–H and O–H groups in total. The predicted molar refractivity (Wildman–Crippen MR) is 74.8 cm³/mol. The molecular weight excluding hydrogens is 286 g/mol. The largest absolute Gasteiger partial charge is 0.384 e. The van der Waals surface area contributed by atoms with E-state index in [4.69, 9.17) is 17.3 Å². The van der Waals surface area contributed by atoms with Crippen LogP contribution in [0, 0.1) is 0 Å². The highest BCUT2D eigenvalue weighted by molar-refractivity contribution is 6.30. The Morgan fingerprint density at radius 3 is 2.50 bits per heavy atom. The molecule has 0 fully saturated rings. The molecule has 0 amide bonds. The van der Waals surface area contributed by atoms with Gasteiger partial charge in [0, 0.05) is 24.2 Å². The van der Waals surface area contributed by atoms with E-state index in [0.717, 1.165) is 0 Å². The number of carbonyl (C=O) groups is 1. The number of nitrogens with zero attached hydrogens (tertiary/aromatic N) is 1. The molecule has 0 unspecified atom stereocenters. The van der Waals surface area contributed by atoms with Gasteiger partial charge < -0.3 is 10.6 Å². The van der Waals surface area contributed by atoms with E-state index in [2.05, 4.69) is 0 Å². The summed E-state index contributed by atoms with van der Waals surface area (Å²) in [6.45, 7) is 0.963.